The topological polar surface area (TPSA) is 119 Å². The number of nitrogens with one attached hydrogen (secondary N) is 1. The Bertz CT molecular complexity index is 543. The Morgan fingerprint density at radius 2 is 1.90 bits per heavy atom. The minimum absolute atomic E-state index is 0.115. The number of aliphatic hydroxyl groups is 1. The van der Waals surface area contributed by atoms with Crippen LogP contribution in [-0.2, 0) is 0 Å². The average Bonchev–Trinajstić information content (AvgIpc) is 2.34. The quantitative estimate of drug-likeness (QED) is 0.590. The van der Waals surface area contributed by atoms with Crippen molar-refractivity contribution < 1.29 is 15.0 Å². The van der Waals surface area contributed by atoms with Crippen molar-refractivity contribution in [1.29, 1.82) is 0 Å². The van der Waals surface area contributed by atoms with Gasteiger partial charge in [0.1, 0.15) is 5.69 Å². The Kier molecular flexibility index (Phi) is 5.20. The maximum absolute atomic E-state index is 11.0. The highest BCUT2D eigenvalue weighted by Gasteiger charge is 2.24. The van der Waals surface area contributed by atoms with E-state index in [4.69, 9.17) is 0 Å². The van der Waals surface area contributed by atoms with Gasteiger partial charge in [-0.15, -0.1) is 0 Å². The SMILES string of the molecule is CC(C)CC(C)(O)CNc1ccc([N+](=O)[O-])cc1[N+](=O)[O-]. The van der Waals surface area contributed by atoms with Crippen LogP contribution in [0.1, 0.15) is 27.2 Å². The molecular formula is C13H19N3O5. The Labute approximate surface area is 122 Å². The summed E-state index contributed by atoms with van der Waals surface area (Å²) in [5.41, 5.74) is -1.61. The van der Waals surface area contributed by atoms with Crippen LogP contribution in [0, 0.1) is 26.1 Å². The zero-order valence-corrected chi connectivity index (χ0v) is 12.2. The van der Waals surface area contributed by atoms with Gasteiger partial charge in [-0.25, -0.2) is 0 Å². The van der Waals surface area contributed by atoms with E-state index in [-0.39, 0.29) is 29.5 Å². The lowest BCUT2D eigenvalue weighted by Gasteiger charge is -2.26. The molecule has 0 aliphatic heterocycles. The summed E-state index contributed by atoms with van der Waals surface area (Å²) in [5, 5.41) is 34.6. The molecule has 0 amide bonds. The summed E-state index contributed by atoms with van der Waals surface area (Å²) in [5.74, 6) is 0.272. The molecule has 1 rings (SSSR count). The molecule has 0 saturated carbocycles. The van der Waals surface area contributed by atoms with Gasteiger partial charge >= 0.3 is 0 Å². The van der Waals surface area contributed by atoms with Crippen molar-refractivity contribution in [3.63, 3.8) is 0 Å². The van der Waals surface area contributed by atoms with Crippen molar-refractivity contribution >= 4 is 17.1 Å². The smallest absolute Gasteiger partial charge is 0.299 e. The molecule has 8 nitrogen and oxygen atoms in total. The van der Waals surface area contributed by atoms with Crippen LogP contribution in [0.4, 0.5) is 17.1 Å². The van der Waals surface area contributed by atoms with Gasteiger partial charge in [0, 0.05) is 12.6 Å². The first kappa shape index (κ1) is 16.8. The molecule has 0 spiro atoms. The molecule has 0 aromatic heterocycles. The highest BCUT2D eigenvalue weighted by molar-refractivity contribution is 5.65. The zero-order chi connectivity index (χ0) is 16.2. The number of hydrogen-bond donors (Lipinski definition) is 2. The first-order valence-electron chi connectivity index (χ1n) is 6.51. The molecule has 21 heavy (non-hydrogen) atoms. The van der Waals surface area contributed by atoms with Gasteiger partial charge in [-0.3, -0.25) is 20.2 Å². The molecule has 2 N–H and O–H groups in total. The van der Waals surface area contributed by atoms with Crippen LogP contribution in [0.25, 0.3) is 0 Å². The van der Waals surface area contributed by atoms with Gasteiger partial charge in [0.05, 0.1) is 21.5 Å². The third kappa shape index (κ3) is 4.99. The molecule has 0 aliphatic carbocycles. The van der Waals surface area contributed by atoms with E-state index in [1.165, 1.54) is 12.1 Å². The molecule has 0 saturated heterocycles. The van der Waals surface area contributed by atoms with Gasteiger partial charge in [0.15, 0.2) is 0 Å². The predicted molar refractivity (Wildman–Crippen MR) is 78.3 cm³/mol. The number of nitro benzene ring substituents is 2. The number of nitro groups is 2. The van der Waals surface area contributed by atoms with Crippen molar-refractivity contribution in [2.24, 2.45) is 5.92 Å². The average molecular weight is 297 g/mol. The molecule has 0 aliphatic rings. The molecule has 0 bridgehead atoms. The molecule has 1 aromatic carbocycles. The lowest BCUT2D eigenvalue weighted by Crippen LogP contribution is -2.35. The van der Waals surface area contributed by atoms with Crippen LogP contribution in [0.15, 0.2) is 18.2 Å². The van der Waals surface area contributed by atoms with E-state index in [0.29, 0.717) is 6.42 Å². The molecule has 0 fully saturated rings. The Morgan fingerprint density at radius 3 is 2.38 bits per heavy atom. The summed E-state index contributed by atoms with van der Waals surface area (Å²) < 4.78 is 0. The molecule has 8 heteroatoms. The molecule has 0 heterocycles. The van der Waals surface area contributed by atoms with Crippen LogP contribution in [0.5, 0.6) is 0 Å². The second-order valence-electron chi connectivity index (χ2n) is 5.66. The highest BCUT2D eigenvalue weighted by atomic mass is 16.6. The maximum Gasteiger partial charge on any atom is 0.299 e. The van der Waals surface area contributed by atoms with Gasteiger partial charge in [0.25, 0.3) is 11.4 Å². The molecule has 1 aromatic rings. The normalized spacial score (nSPS) is 13.8. The second kappa shape index (κ2) is 6.49. The van der Waals surface area contributed by atoms with Crippen LogP contribution in [0.3, 0.4) is 0 Å². The van der Waals surface area contributed by atoms with Crippen LogP contribution >= 0.6 is 0 Å². The van der Waals surface area contributed by atoms with E-state index < -0.39 is 15.4 Å². The summed E-state index contributed by atoms with van der Waals surface area (Å²) >= 11 is 0. The molecule has 116 valence electrons. The number of anilines is 1. The minimum atomic E-state index is -1.02. The third-order valence-corrected chi connectivity index (χ3v) is 2.90. The lowest BCUT2D eigenvalue weighted by atomic mass is 9.94. The van der Waals surface area contributed by atoms with Crippen LogP contribution in [-0.4, -0.2) is 27.1 Å². The van der Waals surface area contributed by atoms with E-state index >= 15 is 0 Å². The summed E-state index contributed by atoms with van der Waals surface area (Å²) in [4.78, 5) is 20.3. The summed E-state index contributed by atoms with van der Waals surface area (Å²) in [6, 6.07) is 3.37. The highest BCUT2D eigenvalue weighted by Crippen LogP contribution is 2.29. The molecule has 0 radical (unpaired) electrons. The maximum atomic E-state index is 11.0. The van der Waals surface area contributed by atoms with Crippen molar-refractivity contribution in [1.82, 2.24) is 0 Å². The number of hydrogen-bond acceptors (Lipinski definition) is 6. The minimum Gasteiger partial charge on any atom is -0.388 e. The number of benzene rings is 1. The van der Waals surface area contributed by atoms with Gasteiger partial charge in [-0.2, -0.15) is 0 Å². The van der Waals surface area contributed by atoms with Gasteiger partial charge < -0.3 is 10.4 Å². The van der Waals surface area contributed by atoms with E-state index in [2.05, 4.69) is 5.32 Å². The van der Waals surface area contributed by atoms with E-state index in [1.54, 1.807) is 6.92 Å². The third-order valence-electron chi connectivity index (χ3n) is 2.90. The molecular weight excluding hydrogens is 278 g/mol. The van der Waals surface area contributed by atoms with Crippen LogP contribution in [0.2, 0.25) is 0 Å². The van der Waals surface area contributed by atoms with E-state index in [9.17, 15) is 25.3 Å². The number of non-ortho nitro benzene ring substituents is 1. The Hall–Kier alpha value is -2.22. The van der Waals surface area contributed by atoms with Crippen molar-refractivity contribution in [2.45, 2.75) is 32.8 Å². The zero-order valence-electron chi connectivity index (χ0n) is 12.2. The fourth-order valence-corrected chi connectivity index (χ4v) is 2.17. The number of rotatable bonds is 7. The van der Waals surface area contributed by atoms with E-state index in [1.807, 2.05) is 13.8 Å². The lowest BCUT2D eigenvalue weighted by molar-refractivity contribution is -0.393. The van der Waals surface area contributed by atoms with E-state index in [0.717, 1.165) is 6.07 Å². The summed E-state index contributed by atoms with van der Waals surface area (Å²) in [7, 11) is 0. The fourth-order valence-electron chi connectivity index (χ4n) is 2.17. The van der Waals surface area contributed by atoms with Crippen LogP contribution < -0.4 is 5.32 Å². The predicted octanol–water partition coefficient (Wildman–Crippen LogP) is 2.71. The molecule has 1 atom stereocenters. The first-order valence-corrected chi connectivity index (χ1v) is 6.51. The van der Waals surface area contributed by atoms with Crippen molar-refractivity contribution in [2.75, 3.05) is 11.9 Å². The van der Waals surface area contributed by atoms with Crippen molar-refractivity contribution in [3.05, 3.63) is 38.4 Å². The van der Waals surface area contributed by atoms with Crippen molar-refractivity contribution in [3.8, 4) is 0 Å². The second-order valence-corrected chi connectivity index (χ2v) is 5.66. The summed E-state index contributed by atoms with van der Waals surface area (Å²) in [6.07, 6.45) is 0.529. The monoisotopic (exact) mass is 297 g/mol. The standard InChI is InChI=1S/C13H19N3O5/c1-9(2)7-13(3,17)8-14-11-5-4-10(15(18)19)6-12(11)16(20)21/h4-6,9,14,17H,7-8H2,1-3H3. The van der Waals surface area contributed by atoms with Gasteiger partial charge in [-0.05, 0) is 25.3 Å². The Morgan fingerprint density at radius 1 is 1.29 bits per heavy atom. The fraction of sp³-hybridized carbons (Fsp3) is 0.538. The summed E-state index contributed by atoms with van der Waals surface area (Å²) in [6.45, 7) is 5.67. The molecule has 1 unspecified atom stereocenters. The number of nitrogens with zero attached hydrogens (tertiary/aromatic N) is 2. The van der Waals surface area contributed by atoms with Gasteiger partial charge in [0.2, 0.25) is 0 Å². The Balaban J connectivity index is 2.93. The first-order chi connectivity index (χ1) is 9.62. The largest absolute Gasteiger partial charge is 0.388 e. The van der Waals surface area contributed by atoms with Gasteiger partial charge in [-0.1, -0.05) is 13.8 Å².